The van der Waals surface area contributed by atoms with Crippen LogP contribution in [0.2, 0.25) is 0 Å². The van der Waals surface area contributed by atoms with Crippen molar-refractivity contribution in [1.82, 2.24) is 15.6 Å². The Morgan fingerprint density at radius 2 is 1.76 bits per heavy atom. The van der Waals surface area contributed by atoms with Gasteiger partial charge in [-0.3, -0.25) is 14.4 Å². The first-order valence-electron chi connectivity index (χ1n) is 14.1. The maximum Gasteiger partial charge on any atom is 0.288 e. The van der Waals surface area contributed by atoms with E-state index < -0.39 is 17.7 Å². The van der Waals surface area contributed by atoms with Gasteiger partial charge in [0.05, 0.1) is 11.6 Å². The number of carbonyl (C=O) groups excluding carboxylic acids is 3. The molecule has 1 aromatic heterocycles. The van der Waals surface area contributed by atoms with Gasteiger partial charge >= 0.3 is 0 Å². The lowest BCUT2D eigenvalue weighted by Gasteiger charge is -2.20. The van der Waals surface area contributed by atoms with Crippen LogP contribution >= 0.6 is 11.3 Å². The van der Waals surface area contributed by atoms with Crippen LogP contribution in [0.4, 0.5) is 0 Å². The fourth-order valence-corrected chi connectivity index (χ4v) is 5.49. The first kappa shape index (κ1) is 28.3. The maximum absolute atomic E-state index is 13.4. The van der Waals surface area contributed by atoms with E-state index in [2.05, 4.69) is 57.8 Å². The third kappa shape index (κ3) is 7.27. The molecule has 0 radical (unpaired) electrons. The van der Waals surface area contributed by atoms with Crippen molar-refractivity contribution >= 4 is 39.7 Å². The van der Waals surface area contributed by atoms with Gasteiger partial charge in [0, 0.05) is 23.6 Å². The molecule has 3 aromatic carbocycles. The van der Waals surface area contributed by atoms with Gasteiger partial charge in [-0.25, -0.2) is 4.98 Å². The summed E-state index contributed by atoms with van der Waals surface area (Å²) in [5.74, 6) is 4.70. The Hall–Kier alpha value is -4.28. The van der Waals surface area contributed by atoms with Gasteiger partial charge in [-0.15, -0.1) is 11.3 Å². The topological polar surface area (TPSA) is 88.2 Å². The Morgan fingerprint density at radius 3 is 2.54 bits per heavy atom. The molecule has 7 heteroatoms. The molecule has 208 valence electrons. The third-order valence-electron chi connectivity index (χ3n) is 7.45. The normalized spacial score (nSPS) is 14.0. The summed E-state index contributed by atoms with van der Waals surface area (Å²) in [5.41, 5.74) is 2.54. The van der Waals surface area contributed by atoms with Crippen LogP contribution < -0.4 is 10.6 Å². The number of rotatable bonds is 11. The van der Waals surface area contributed by atoms with Crippen LogP contribution in [0.3, 0.4) is 0 Å². The molecule has 0 bridgehead atoms. The summed E-state index contributed by atoms with van der Waals surface area (Å²) in [4.78, 5) is 42.0. The summed E-state index contributed by atoms with van der Waals surface area (Å²) in [6, 6.07) is 22.0. The number of hydrogen-bond acceptors (Lipinski definition) is 5. The highest BCUT2D eigenvalue weighted by atomic mass is 32.1. The summed E-state index contributed by atoms with van der Waals surface area (Å²) in [6.45, 7) is 1.74. The highest BCUT2D eigenvalue weighted by Gasteiger charge is 2.46. The van der Waals surface area contributed by atoms with Gasteiger partial charge in [0.2, 0.25) is 5.78 Å². The Balaban J connectivity index is 1.09. The van der Waals surface area contributed by atoms with Crippen molar-refractivity contribution in [2.75, 3.05) is 0 Å². The largest absolute Gasteiger partial charge is 0.343 e. The van der Waals surface area contributed by atoms with Crippen LogP contribution in [0.1, 0.15) is 71.9 Å². The van der Waals surface area contributed by atoms with Gasteiger partial charge < -0.3 is 10.6 Å². The number of fused-ring (bicyclic) bond motifs is 1. The van der Waals surface area contributed by atoms with Crippen molar-refractivity contribution in [2.24, 2.45) is 0 Å². The molecule has 4 aromatic rings. The van der Waals surface area contributed by atoms with Crippen molar-refractivity contribution in [1.29, 1.82) is 0 Å². The number of hydrogen-bond donors (Lipinski definition) is 2. The van der Waals surface area contributed by atoms with E-state index in [0.717, 1.165) is 43.2 Å². The highest BCUT2D eigenvalue weighted by molar-refractivity contribution is 7.10. The number of unbranched alkanes of at least 4 members (excludes halogenated alkanes) is 2. The highest BCUT2D eigenvalue weighted by Crippen LogP contribution is 2.46. The van der Waals surface area contributed by atoms with E-state index in [4.69, 9.17) is 0 Å². The molecule has 1 saturated carbocycles. The molecule has 2 N–H and O–H groups in total. The zero-order valence-corrected chi connectivity index (χ0v) is 23.9. The van der Waals surface area contributed by atoms with Crippen molar-refractivity contribution in [3.63, 3.8) is 0 Å². The van der Waals surface area contributed by atoms with Crippen molar-refractivity contribution in [3.05, 3.63) is 100 Å². The zero-order valence-electron chi connectivity index (χ0n) is 23.1. The number of Topliss-reactive ketones (excluding diaryl/α,β-unsaturated/α-hetero) is 1. The van der Waals surface area contributed by atoms with Crippen molar-refractivity contribution in [2.45, 2.75) is 63.5 Å². The summed E-state index contributed by atoms with van der Waals surface area (Å²) < 4.78 is 0. The summed E-state index contributed by atoms with van der Waals surface area (Å²) in [7, 11) is 0. The molecule has 0 aliphatic heterocycles. The van der Waals surface area contributed by atoms with Gasteiger partial charge in [0.25, 0.3) is 11.8 Å². The number of aryl methyl sites for hydroxylation is 1. The number of carbonyl (C=O) groups is 3. The third-order valence-corrected chi connectivity index (χ3v) is 8.13. The average Bonchev–Trinajstić information content (AvgIpc) is 3.57. The molecule has 1 fully saturated rings. The van der Waals surface area contributed by atoms with Gasteiger partial charge in [-0.2, -0.15) is 0 Å². The molecule has 1 heterocycles. The first-order valence-corrected chi connectivity index (χ1v) is 15.0. The Morgan fingerprint density at radius 1 is 0.976 bits per heavy atom. The second-order valence-electron chi connectivity index (χ2n) is 10.5. The standard InChI is InChI=1S/C34H33N3O3S/c1-24(15-18-31-35-21-22-41-31)36-33(40)30(38)14-4-2-3-10-26-11-7-8-13-29(26)32(39)37-34(19-20-34)28-17-16-25-9-5-6-12-27(25)23-28/h5-9,11-13,16-17,21-24H,2-4,10,14,19-20H2,1H3,(H,36,40)(H,37,39)/t24-/m0/s1. The quantitative estimate of drug-likeness (QED) is 0.134. The number of benzene rings is 3. The molecule has 6 nitrogen and oxygen atoms in total. The van der Waals surface area contributed by atoms with Crippen LogP contribution in [0, 0.1) is 11.8 Å². The molecule has 5 rings (SSSR count). The minimum atomic E-state index is -0.603. The van der Waals surface area contributed by atoms with E-state index in [1.807, 2.05) is 41.8 Å². The molecular formula is C34H33N3O3S. The number of nitrogens with zero attached hydrogens (tertiary/aromatic N) is 1. The first-order chi connectivity index (χ1) is 19.9. The van der Waals surface area contributed by atoms with E-state index in [0.29, 0.717) is 17.0 Å². The number of nitrogens with one attached hydrogen (secondary N) is 2. The van der Waals surface area contributed by atoms with Crippen LogP contribution in [-0.4, -0.2) is 28.6 Å². The minimum absolute atomic E-state index is 0.0508. The predicted molar refractivity (Wildman–Crippen MR) is 163 cm³/mol. The maximum atomic E-state index is 13.4. The Labute approximate surface area is 244 Å². The number of aromatic nitrogens is 1. The predicted octanol–water partition coefficient (Wildman–Crippen LogP) is 5.94. The fraction of sp³-hybridized carbons (Fsp3) is 0.294. The Kier molecular flexibility index (Phi) is 8.91. The van der Waals surface area contributed by atoms with Gasteiger partial charge in [0.15, 0.2) is 5.01 Å². The van der Waals surface area contributed by atoms with E-state index in [-0.39, 0.29) is 17.9 Å². The monoisotopic (exact) mass is 563 g/mol. The molecule has 0 spiro atoms. The second-order valence-corrected chi connectivity index (χ2v) is 11.4. The fourth-order valence-electron chi connectivity index (χ4n) is 5.00. The molecule has 1 atom stereocenters. The van der Waals surface area contributed by atoms with Crippen LogP contribution in [0.15, 0.2) is 78.3 Å². The lowest BCUT2D eigenvalue weighted by Crippen LogP contribution is -2.36. The van der Waals surface area contributed by atoms with Crippen molar-refractivity contribution in [3.8, 4) is 11.8 Å². The van der Waals surface area contributed by atoms with E-state index >= 15 is 0 Å². The number of ketones is 1. The molecule has 41 heavy (non-hydrogen) atoms. The minimum Gasteiger partial charge on any atom is -0.343 e. The van der Waals surface area contributed by atoms with Crippen molar-refractivity contribution < 1.29 is 14.4 Å². The Bertz CT molecular complexity index is 1610. The van der Waals surface area contributed by atoms with E-state index in [1.54, 1.807) is 13.1 Å². The lowest BCUT2D eigenvalue weighted by molar-refractivity contribution is -0.138. The van der Waals surface area contributed by atoms with Gasteiger partial charge in [-0.1, -0.05) is 66.9 Å². The van der Waals surface area contributed by atoms with Crippen LogP contribution in [0.5, 0.6) is 0 Å². The SMILES string of the molecule is C[C@@H](C#Cc1nccs1)NC(=O)C(=O)CCCCCc1ccccc1C(=O)NC1(c2ccc3ccccc3c2)CC1. The molecule has 2 amide bonds. The van der Waals surface area contributed by atoms with Crippen LogP contribution in [-0.2, 0) is 21.5 Å². The van der Waals surface area contributed by atoms with Gasteiger partial charge in [0.1, 0.15) is 0 Å². The van der Waals surface area contributed by atoms with E-state index in [1.165, 1.54) is 22.1 Å². The van der Waals surface area contributed by atoms with E-state index in [9.17, 15) is 14.4 Å². The summed E-state index contributed by atoms with van der Waals surface area (Å²) >= 11 is 1.42. The summed E-state index contributed by atoms with van der Waals surface area (Å²) in [5, 5.41) is 10.8. The molecule has 1 aliphatic carbocycles. The average molecular weight is 564 g/mol. The number of thiazole rings is 1. The molecule has 0 saturated heterocycles. The molecule has 0 unspecified atom stereocenters. The lowest BCUT2D eigenvalue weighted by atomic mass is 9.97. The smallest absolute Gasteiger partial charge is 0.288 e. The summed E-state index contributed by atoms with van der Waals surface area (Å²) in [6.07, 6.45) is 6.68. The van der Waals surface area contributed by atoms with Crippen LogP contribution in [0.25, 0.3) is 10.8 Å². The molecular weight excluding hydrogens is 530 g/mol. The zero-order chi connectivity index (χ0) is 28.7. The second kappa shape index (κ2) is 12.9. The van der Waals surface area contributed by atoms with Gasteiger partial charge in [-0.05, 0) is 79.0 Å². The molecule has 1 aliphatic rings. The number of amides is 2.